The molecule has 5 nitrogen and oxygen atoms in total. The van der Waals surface area contributed by atoms with Crippen LogP contribution in [0.2, 0.25) is 0 Å². The molecule has 0 aromatic rings. The summed E-state index contributed by atoms with van der Waals surface area (Å²) in [7, 11) is 1.65. The van der Waals surface area contributed by atoms with E-state index in [-0.39, 0.29) is 10.0 Å². The monoisotopic (exact) mass is 525 g/mol. The standard InChI is InChI=1S/C23H44INO4/c1-29-21(24)20-25-22(26)18-16-14-12-10-8-6-4-2-3-5-7-9-11-13-15-17-19-23(27)28/h21H,2-20H2,1H3,(H,25,26)(H,27,28). The summed E-state index contributed by atoms with van der Waals surface area (Å²) in [4.78, 5) is 22.1. The number of carbonyl (C=O) groups is 2. The second-order valence-electron chi connectivity index (χ2n) is 8.00. The molecule has 0 aliphatic heterocycles. The van der Waals surface area contributed by atoms with Crippen molar-refractivity contribution in [1.29, 1.82) is 0 Å². The van der Waals surface area contributed by atoms with E-state index in [9.17, 15) is 9.59 Å². The average molecular weight is 526 g/mol. The van der Waals surface area contributed by atoms with Gasteiger partial charge in [0.1, 0.15) is 4.11 Å². The zero-order valence-corrected chi connectivity index (χ0v) is 20.7. The number of hydrogen-bond donors (Lipinski definition) is 2. The fourth-order valence-corrected chi connectivity index (χ4v) is 3.62. The van der Waals surface area contributed by atoms with Crippen molar-refractivity contribution in [2.75, 3.05) is 13.7 Å². The molecule has 0 radical (unpaired) electrons. The molecule has 0 fully saturated rings. The van der Waals surface area contributed by atoms with Gasteiger partial charge < -0.3 is 15.2 Å². The first-order chi connectivity index (χ1) is 14.1. The number of carbonyl (C=O) groups excluding carboxylic acids is 1. The normalized spacial score (nSPS) is 12.1. The van der Waals surface area contributed by atoms with Crippen LogP contribution in [0.5, 0.6) is 0 Å². The molecule has 1 unspecified atom stereocenters. The summed E-state index contributed by atoms with van der Waals surface area (Å²) < 4.78 is 5.16. The Bertz CT molecular complexity index is 393. The molecule has 2 N–H and O–H groups in total. The number of nitrogens with one attached hydrogen (secondary N) is 1. The third kappa shape index (κ3) is 23.8. The lowest BCUT2D eigenvalue weighted by Gasteiger charge is -2.09. The molecule has 0 aromatic heterocycles. The number of amides is 1. The number of halogens is 1. The van der Waals surface area contributed by atoms with Crippen LogP contribution >= 0.6 is 22.6 Å². The molecule has 0 saturated carbocycles. The largest absolute Gasteiger partial charge is 0.481 e. The second-order valence-corrected chi connectivity index (χ2v) is 9.39. The van der Waals surface area contributed by atoms with E-state index in [1.54, 1.807) is 7.11 Å². The summed E-state index contributed by atoms with van der Waals surface area (Å²) in [6.45, 7) is 0.588. The maximum Gasteiger partial charge on any atom is 0.303 e. The van der Waals surface area contributed by atoms with E-state index < -0.39 is 5.97 Å². The topological polar surface area (TPSA) is 75.6 Å². The predicted octanol–water partition coefficient (Wildman–Crippen LogP) is 6.62. The Labute approximate surface area is 192 Å². The smallest absolute Gasteiger partial charge is 0.303 e. The summed E-state index contributed by atoms with van der Waals surface area (Å²) in [6.07, 6.45) is 20.7. The summed E-state index contributed by atoms with van der Waals surface area (Å²) in [5.74, 6) is -0.528. The van der Waals surface area contributed by atoms with Crippen LogP contribution in [0.4, 0.5) is 0 Å². The van der Waals surface area contributed by atoms with Crippen LogP contribution in [0.1, 0.15) is 116 Å². The Morgan fingerprint density at radius 1 is 0.724 bits per heavy atom. The lowest BCUT2D eigenvalue weighted by Crippen LogP contribution is -2.29. The Morgan fingerprint density at radius 3 is 1.41 bits per heavy atom. The molecule has 0 bridgehead atoms. The number of carboxylic acid groups (broad SMARTS) is 1. The quantitative estimate of drug-likeness (QED) is 0.0947. The van der Waals surface area contributed by atoms with E-state index in [1.807, 2.05) is 0 Å². The van der Waals surface area contributed by atoms with Crippen LogP contribution in [-0.2, 0) is 14.3 Å². The minimum absolute atomic E-state index is 0.0541. The number of alkyl halides is 1. The SMILES string of the molecule is COC(I)CNC(=O)CCCCCCCCCCCCCCCCCCC(=O)O. The highest BCUT2D eigenvalue weighted by molar-refractivity contribution is 14.1. The van der Waals surface area contributed by atoms with Gasteiger partial charge in [0, 0.05) is 20.0 Å². The molecule has 0 rings (SSSR count). The number of carboxylic acids is 1. The van der Waals surface area contributed by atoms with Gasteiger partial charge in [-0.25, -0.2) is 0 Å². The van der Waals surface area contributed by atoms with E-state index in [0.29, 0.717) is 19.4 Å². The van der Waals surface area contributed by atoms with E-state index in [2.05, 4.69) is 27.9 Å². The highest BCUT2D eigenvalue weighted by Gasteiger charge is 2.05. The van der Waals surface area contributed by atoms with E-state index in [1.165, 1.54) is 77.0 Å². The van der Waals surface area contributed by atoms with Crippen LogP contribution in [-0.4, -0.2) is 34.7 Å². The Balaban J connectivity index is 3.13. The first-order valence-electron chi connectivity index (χ1n) is 11.7. The van der Waals surface area contributed by atoms with Crippen molar-refractivity contribution in [3.63, 3.8) is 0 Å². The zero-order chi connectivity index (χ0) is 21.6. The number of unbranched alkanes of at least 4 members (excludes halogenated alkanes) is 15. The third-order valence-electron chi connectivity index (χ3n) is 5.26. The van der Waals surface area contributed by atoms with Gasteiger partial charge in [0.05, 0.1) is 6.54 Å². The number of rotatable bonds is 22. The molecule has 29 heavy (non-hydrogen) atoms. The van der Waals surface area contributed by atoms with Gasteiger partial charge in [0.15, 0.2) is 0 Å². The van der Waals surface area contributed by atoms with Crippen molar-refractivity contribution in [1.82, 2.24) is 5.32 Å². The van der Waals surface area contributed by atoms with E-state index >= 15 is 0 Å². The summed E-state index contributed by atoms with van der Waals surface area (Å²) in [5.41, 5.74) is 0. The van der Waals surface area contributed by atoms with Gasteiger partial charge in [0.2, 0.25) is 5.91 Å². The number of methoxy groups -OCH3 is 1. The van der Waals surface area contributed by atoms with Crippen LogP contribution in [0.3, 0.4) is 0 Å². The van der Waals surface area contributed by atoms with Crippen molar-refractivity contribution >= 4 is 34.5 Å². The highest BCUT2D eigenvalue weighted by Crippen LogP contribution is 2.14. The van der Waals surface area contributed by atoms with Gasteiger partial charge in [-0.3, -0.25) is 9.59 Å². The van der Waals surface area contributed by atoms with Gasteiger partial charge >= 0.3 is 5.97 Å². The highest BCUT2D eigenvalue weighted by atomic mass is 127. The summed E-state index contributed by atoms with van der Waals surface area (Å²) in [5, 5.41) is 11.5. The maximum absolute atomic E-state index is 11.7. The molecule has 0 aromatic carbocycles. The molecule has 6 heteroatoms. The van der Waals surface area contributed by atoms with Crippen LogP contribution in [0.25, 0.3) is 0 Å². The molecule has 1 amide bonds. The van der Waals surface area contributed by atoms with Gasteiger partial charge in [-0.15, -0.1) is 0 Å². The molecular weight excluding hydrogens is 481 g/mol. The second kappa shape index (κ2) is 22.3. The fourth-order valence-electron chi connectivity index (χ4n) is 3.40. The molecule has 0 aliphatic carbocycles. The first-order valence-corrected chi connectivity index (χ1v) is 13.0. The Kier molecular flexibility index (Phi) is 22.0. The van der Waals surface area contributed by atoms with E-state index in [0.717, 1.165) is 25.7 Å². The molecular formula is C23H44INO4. The molecule has 0 aliphatic rings. The number of aliphatic carboxylic acids is 1. The summed E-state index contributed by atoms with van der Waals surface area (Å²) in [6, 6.07) is 0. The lowest BCUT2D eigenvalue weighted by molar-refractivity contribution is -0.137. The molecule has 172 valence electrons. The molecule has 0 heterocycles. The average Bonchev–Trinajstić information content (AvgIpc) is 2.70. The summed E-state index contributed by atoms with van der Waals surface area (Å²) >= 11 is 2.17. The van der Waals surface area contributed by atoms with Crippen molar-refractivity contribution in [2.24, 2.45) is 0 Å². The third-order valence-corrected chi connectivity index (χ3v) is 6.21. The number of hydrogen-bond acceptors (Lipinski definition) is 3. The fraction of sp³-hybridized carbons (Fsp3) is 0.913. The molecule has 0 spiro atoms. The van der Waals surface area contributed by atoms with Gasteiger partial charge in [0.25, 0.3) is 0 Å². The Morgan fingerprint density at radius 2 is 1.07 bits per heavy atom. The Hall–Kier alpha value is -0.370. The van der Waals surface area contributed by atoms with Crippen LogP contribution in [0, 0.1) is 0 Å². The zero-order valence-electron chi connectivity index (χ0n) is 18.6. The van der Waals surface area contributed by atoms with Gasteiger partial charge in [-0.2, -0.15) is 0 Å². The minimum Gasteiger partial charge on any atom is -0.481 e. The molecule has 0 saturated heterocycles. The van der Waals surface area contributed by atoms with Crippen LogP contribution < -0.4 is 5.32 Å². The van der Waals surface area contributed by atoms with Gasteiger partial charge in [-0.05, 0) is 35.4 Å². The minimum atomic E-state index is -0.669. The predicted molar refractivity (Wildman–Crippen MR) is 129 cm³/mol. The van der Waals surface area contributed by atoms with Crippen LogP contribution in [0.15, 0.2) is 0 Å². The maximum atomic E-state index is 11.7. The number of ether oxygens (including phenoxy) is 1. The van der Waals surface area contributed by atoms with Crippen molar-refractivity contribution in [2.45, 2.75) is 120 Å². The van der Waals surface area contributed by atoms with Crippen molar-refractivity contribution in [3.8, 4) is 0 Å². The lowest BCUT2D eigenvalue weighted by atomic mass is 10.0. The molecule has 1 atom stereocenters. The van der Waals surface area contributed by atoms with E-state index in [4.69, 9.17) is 9.84 Å². The first kappa shape index (κ1) is 28.6. The van der Waals surface area contributed by atoms with Crippen molar-refractivity contribution in [3.05, 3.63) is 0 Å². The van der Waals surface area contributed by atoms with Crippen molar-refractivity contribution < 1.29 is 19.4 Å². The van der Waals surface area contributed by atoms with Gasteiger partial charge in [-0.1, -0.05) is 89.9 Å².